The van der Waals surface area contributed by atoms with Crippen LogP contribution in [0.15, 0.2) is 54.6 Å². The van der Waals surface area contributed by atoms with Crippen LogP contribution in [0, 0.1) is 6.07 Å². The van der Waals surface area contributed by atoms with Crippen molar-refractivity contribution in [1.82, 2.24) is 0 Å². The highest BCUT2D eigenvalue weighted by molar-refractivity contribution is 5.49. The van der Waals surface area contributed by atoms with Crippen LogP contribution < -0.4 is 4.74 Å². The summed E-state index contributed by atoms with van der Waals surface area (Å²) in [7, 11) is 0. The van der Waals surface area contributed by atoms with Gasteiger partial charge in [0.15, 0.2) is 0 Å². The van der Waals surface area contributed by atoms with Crippen molar-refractivity contribution in [2.24, 2.45) is 0 Å². The summed E-state index contributed by atoms with van der Waals surface area (Å²) in [6, 6.07) is 19.2. The lowest BCUT2D eigenvalue weighted by molar-refractivity contribution is 0.340. The molecule has 0 aromatic heterocycles. The maximum Gasteiger partial charge on any atom is 0.119 e. The van der Waals surface area contributed by atoms with E-state index in [1.54, 1.807) is 0 Å². The minimum absolute atomic E-state index is 0.707. The Morgan fingerprint density at radius 2 is 2.17 bits per heavy atom. The molecule has 1 radical (unpaired) electrons. The number of ether oxygens (including phenoxy) is 1. The second kappa shape index (κ2) is 6.65. The van der Waals surface area contributed by atoms with E-state index in [1.165, 1.54) is 11.1 Å². The zero-order valence-corrected chi connectivity index (χ0v) is 10.6. The summed E-state index contributed by atoms with van der Waals surface area (Å²) < 4.78 is 5.48. The van der Waals surface area contributed by atoms with Crippen molar-refractivity contribution >= 4 is 6.08 Å². The van der Waals surface area contributed by atoms with E-state index in [2.05, 4.69) is 36.4 Å². The van der Waals surface area contributed by atoms with Gasteiger partial charge < -0.3 is 4.74 Å². The summed E-state index contributed by atoms with van der Waals surface area (Å²) in [5.41, 5.74) is 2.44. The standard InChI is InChI=1S/C17H17O/c1-2-18-17-13-7-12-16(14-17)11-6-10-15-8-4-3-5-9-15/h3-4,6-10,12-14H,2,11H2,1H3/b10-6+. The summed E-state index contributed by atoms with van der Waals surface area (Å²) in [5.74, 6) is 0.941. The summed E-state index contributed by atoms with van der Waals surface area (Å²) >= 11 is 0. The van der Waals surface area contributed by atoms with E-state index in [0.29, 0.717) is 6.61 Å². The third-order valence-electron chi connectivity index (χ3n) is 2.60. The van der Waals surface area contributed by atoms with Crippen LogP contribution in [0.3, 0.4) is 0 Å². The minimum atomic E-state index is 0.707. The van der Waals surface area contributed by atoms with Gasteiger partial charge >= 0.3 is 0 Å². The van der Waals surface area contributed by atoms with E-state index in [4.69, 9.17) is 4.74 Å². The molecule has 91 valence electrons. The number of rotatable bonds is 5. The van der Waals surface area contributed by atoms with Crippen molar-refractivity contribution in [2.75, 3.05) is 6.61 Å². The molecule has 0 saturated heterocycles. The molecule has 0 amide bonds. The zero-order chi connectivity index (χ0) is 12.6. The lowest BCUT2D eigenvalue weighted by Crippen LogP contribution is -1.92. The quantitative estimate of drug-likeness (QED) is 0.759. The van der Waals surface area contributed by atoms with E-state index in [1.807, 2.05) is 37.3 Å². The Morgan fingerprint density at radius 1 is 1.22 bits per heavy atom. The maximum absolute atomic E-state index is 5.48. The summed E-state index contributed by atoms with van der Waals surface area (Å²) in [4.78, 5) is 0. The molecule has 0 fully saturated rings. The molecule has 0 spiro atoms. The van der Waals surface area contributed by atoms with Gasteiger partial charge in [-0.1, -0.05) is 42.5 Å². The smallest absolute Gasteiger partial charge is 0.119 e. The normalized spacial score (nSPS) is 10.7. The van der Waals surface area contributed by atoms with Crippen LogP contribution in [-0.4, -0.2) is 6.61 Å². The molecule has 1 heteroatoms. The van der Waals surface area contributed by atoms with Crippen molar-refractivity contribution < 1.29 is 4.74 Å². The van der Waals surface area contributed by atoms with Gasteiger partial charge in [-0.05, 0) is 48.7 Å². The number of benzene rings is 2. The van der Waals surface area contributed by atoms with Gasteiger partial charge in [-0.2, -0.15) is 0 Å². The fourth-order valence-corrected chi connectivity index (χ4v) is 1.77. The Hall–Kier alpha value is -2.02. The van der Waals surface area contributed by atoms with Gasteiger partial charge in [0.2, 0.25) is 0 Å². The minimum Gasteiger partial charge on any atom is -0.494 e. The second-order valence-corrected chi connectivity index (χ2v) is 4.02. The van der Waals surface area contributed by atoms with Crippen LogP contribution in [0.25, 0.3) is 6.08 Å². The molecule has 18 heavy (non-hydrogen) atoms. The molecule has 0 bridgehead atoms. The van der Waals surface area contributed by atoms with Gasteiger partial charge in [-0.3, -0.25) is 0 Å². The molecule has 0 aliphatic rings. The van der Waals surface area contributed by atoms with Gasteiger partial charge in [0.25, 0.3) is 0 Å². The average Bonchev–Trinajstić information content (AvgIpc) is 2.41. The molecule has 0 aliphatic heterocycles. The predicted octanol–water partition coefficient (Wildman–Crippen LogP) is 4.14. The Labute approximate surface area is 109 Å². The monoisotopic (exact) mass is 237 g/mol. The third-order valence-corrected chi connectivity index (χ3v) is 2.60. The van der Waals surface area contributed by atoms with Gasteiger partial charge in [-0.15, -0.1) is 0 Å². The maximum atomic E-state index is 5.48. The molecule has 1 nitrogen and oxygen atoms in total. The Balaban J connectivity index is 1.97. The number of hydrogen-bond acceptors (Lipinski definition) is 1. The molecular weight excluding hydrogens is 220 g/mol. The highest BCUT2D eigenvalue weighted by Gasteiger charge is 1.94. The summed E-state index contributed by atoms with van der Waals surface area (Å²) in [6.45, 7) is 2.71. The Morgan fingerprint density at radius 3 is 2.94 bits per heavy atom. The molecule has 2 aromatic rings. The lowest BCUT2D eigenvalue weighted by Gasteiger charge is -2.04. The van der Waals surface area contributed by atoms with Crippen molar-refractivity contribution in [1.29, 1.82) is 0 Å². The lowest BCUT2D eigenvalue weighted by atomic mass is 10.1. The highest BCUT2D eigenvalue weighted by Crippen LogP contribution is 2.14. The highest BCUT2D eigenvalue weighted by atomic mass is 16.5. The van der Waals surface area contributed by atoms with Crippen molar-refractivity contribution in [3.8, 4) is 5.75 Å². The first-order chi connectivity index (χ1) is 8.88. The Bertz CT molecular complexity index is 500. The van der Waals surface area contributed by atoms with Crippen LogP contribution in [0.5, 0.6) is 5.75 Å². The molecule has 0 heterocycles. The third kappa shape index (κ3) is 3.77. The van der Waals surface area contributed by atoms with E-state index < -0.39 is 0 Å². The van der Waals surface area contributed by atoms with E-state index in [0.717, 1.165) is 12.2 Å². The first-order valence-electron chi connectivity index (χ1n) is 6.23. The van der Waals surface area contributed by atoms with Crippen LogP contribution in [0.2, 0.25) is 0 Å². The van der Waals surface area contributed by atoms with E-state index >= 15 is 0 Å². The van der Waals surface area contributed by atoms with Crippen LogP contribution in [0.1, 0.15) is 18.1 Å². The van der Waals surface area contributed by atoms with Gasteiger partial charge in [0.1, 0.15) is 5.75 Å². The molecule has 0 aliphatic carbocycles. The van der Waals surface area contributed by atoms with Crippen LogP contribution in [-0.2, 0) is 6.42 Å². The largest absolute Gasteiger partial charge is 0.494 e. The molecule has 0 unspecified atom stereocenters. The van der Waals surface area contributed by atoms with Crippen LogP contribution in [0.4, 0.5) is 0 Å². The first-order valence-corrected chi connectivity index (χ1v) is 6.23. The average molecular weight is 237 g/mol. The molecule has 2 aromatic carbocycles. The van der Waals surface area contributed by atoms with Gasteiger partial charge in [0, 0.05) is 0 Å². The Kier molecular flexibility index (Phi) is 4.60. The molecule has 0 saturated carbocycles. The topological polar surface area (TPSA) is 9.23 Å². The number of allylic oxidation sites excluding steroid dienone is 1. The van der Waals surface area contributed by atoms with Gasteiger partial charge in [0.05, 0.1) is 6.61 Å². The SMILES string of the molecule is CCOc1cccc(C/C=C/c2c[c]ccc2)c1. The van der Waals surface area contributed by atoms with E-state index in [9.17, 15) is 0 Å². The van der Waals surface area contributed by atoms with E-state index in [-0.39, 0.29) is 0 Å². The molecule has 0 atom stereocenters. The van der Waals surface area contributed by atoms with Gasteiger partial charge in [-0.25, -0.2) is 0 Å². The predicted molar refractivity (Wildman–Crippen MR) is 75.6 cm³/mol. The summed E-state index contributed by atoms with van der Waals surface area (Å²) in [6.07, 6.45) is 5.19. The van der Waals surface area contributed by atoms with Crippen LogP contribution >= 0.6 is 0 Å². The molecule has 0 N–H and O–H groups in total. The second-order valence-electron chi connectivity index (χ2n) is 4.02. The van der Waals surface area contributed by atoms with Crippen molar-refractivity contribution in [2.45, 2.75) is 13.3 Å². The summed E-state index contributed by atoms with van der Waals surface area (Å²) in [5, 5.41) is 0. The zero-order valence-electron chi connectivity index (χ0n) is 10.6. The molecular formula is C17H17O. The first kappa shape index (κ1) is 12.4. The van der Waals surface area contributed by atoms with Crippen molar-refractivity contribution in [3.05, 3.63) is 71.8 Å². The fourth-order valence-electron chi connectivity index (χ4n) is 1.77. The molecule has 2 rings (SSSR count). The fraction of sp³-hybridized carbons (Fsp3) is 0.176. The van der Waals surface area contributed by atoms with Crippen molar-refractivity contribution in [3.63, 3.8) is 0 Å². The number of hydrogen-bond donors (Lipinski definition) is 0.